The highest BCUT2D eigenvalue weighted by Crippen LogP contribution is 2.31. The van der Waals surface area contributed by atoms with E-state index in [2.05, 4.69) is 42.2 Å². The van der Waals surface area contributed by atoms with Gasteiger partial charge in [-0.05, 0) is 58.6 Å². The summed E-state index contributed by atoms with van der Waals surface area (Å²) in [6, 6.07) is 4.84. The Labute approximate surface area is 363 Å². The van der Waals surface area contributed by atoms with Crippen molar-refractivity contribution < 1.29 is 53.4 Å². The number of aliphatic carboxylic acids is 1. The molecule has 0 saturated carbocycles. The van der Waals surface area contributed by atoms with Crippen LogP contribution in [0.5, 0.6) is 0 Å². The first-order valence-electron chi connectivity index (χ1n) is 20.4. The van der Waals surface area contributed by atoms with E-state index in [-0.39, 0.29) is 86.9 Å². The van der Waals surface area contributed by atoms with Crippen LogP contribution in [0.15, 0.2) is 47.5 Å². The molecule has 2 aromatic rings. The smallest absolute Gasteiger partial charge is 0.325 e. The number of hydrogen-bond acceptors (Lipinski definition) is 13. The second kappa shape index (κ2) is 25.1. The van der Waals surface area contributed by atoms with Crippen molar-refractivity contribution in [3.05, 3.63) is 64.7 Å². The Morgan fingerprint density at radius 2 is 1.22 bits per heavy atom. The van der Waals surface area contributed by atoms with Gasteiger partial charge in [-0.25, -0.2) is 0 Å². The van der Waals surface area contributed by atoms with E-state index in [9.17, 15) is 53.4 Å². The van der Waals surface area contributed by atoms with Gasteiger partial charge in [0.05, 0.1) is 12.2 Å². The minimum Gasteiger partial charge on any atom is -0.480 e. The maximum absolute atomic E-state index is 13.4. The summed E-state index contributed by atoms with van der Waals surface area (Å²) in [5, 5.41) is 37.0. The molecule has 1 aliphatic carbocycles. The molecule has 0 radical (unpaired) electrons. The van der Waals surface area contributed by atoms with Crippen molar-refractivity contribution in [3.8, 4) is 0 Å². The van der Waals surface area contributed by atoms with Crippen molar-refractivity contribution in [1.29, 1.82) is 0 Å². The van der Waals surface area contributed by atoms with Crippen LogP contribution in [-0.4, -0.2) is 132 Å². The molecule has 22 heteroatoms. The number of aliphatic imine (C=N–C) groups is 1. The summed E-state index contributed by atoms with van der Waals surface area (Å²) < 4.78 is 0. The van der Waals surface area contributed by atoms with Gasteiger partial charge in [-0.3, -0.25) is 48.1 Å². The van der Waals surface area contributed by atoms with Gasteiger partial charge >= 0.3 is 5.97 Å². The predicted octanol–water partition coefficient (Wildman–Crippen LogP) is -2.51. The quantitative estimate of drug-likeness (QED) is 0.0225. The SMILES string of the molecule is C[C@H](NC(=O)[C@H](CCCN=C(N)N)NC(=O)[C@H](CO)NC(=O)[C@H](CCCCN)NC(=O)[C@H](C)NC(=O)CCC(=O)NCCNc1cccc2c1C(=O)c1ccccc1C2=O)C(=O)O. The van der Waals surface area contributed by atoms with Crippen molar-refractivity contribution in [3.63, 3.8) is 0 Å². The average Bonchev–Trinajstić information content (AvgIpc) is 3.25. The zero-order valence-electron chi connectivity index (χ0n) is 35.2. The summed E-state index contributed by atoms with van der Waals surface area (Å²) in [7, 11) is 0. The van der Waals surface area contributed by atoms with Crippen molar-refractivity contribution >= 4 is 64.6 Å². The number of hydrogen-bond donors (Lipinski definition) is 12. The molecule has 0 spiro atoms. The zero-order valence-corrected chi connectivity index (χ0v) is 35.2. The molecule has 0 bridgehead atoms. The number of carbonyl (C=O) groups is 9. The number of guanidine groups is 1. The molecule has 2 aromatic carbocycles. The van der Waals surface area contributed by atoms with E-state index in [0.29, 0.717) is 29.7 Å². The molecule has 6 amide bonds. The molecule has 22 nitrogen and oxygen atoms in total. The van der Waals surface area contributed by atoms with Crippen LogP contribution < -0.4 is 54.4 Å². The second-order valence-electron chi connectivity index (χ2n) is 14.7. The van der Waals surface area contributed by atoms with Gasteiger partial charge < -0.3 is 64.6 Å². The third-order valence-corrected chi connectivity index (χ3v) is 9.77. The fraction of sp³-hybridized carbons (Fsp3) is 0.463. The zero-order chi connectivity index (χ0) is 46.6. The van der Waals surface area contributed by atoms with E-state index >= 15 is 0 Å². The van der Waals surface area contributed by atoms with E-state index in [1.165, 1.54) is 13.8 Å². The fourth-order valence-corrected chi connectivity index (χ4v) is 6.33. The van der Waals surface area contributed by atoms with Gasteiger partial charge in [-0.2, -0.15) is 0 Å². The summed E-state index contributed by atoms with van der Waals surface area (Å²) in [5.74, 6) is -6.66. The fourth-order valence-electron chi connectivity index (χ4n) is 6.33. The molecule has 0 aromatic heterocycles. The minimum absolute atomic E-state index is 0.0439. The van der Waals surface area contributed by atoms with Crippen LogP contribution in [0, 0.1) is 0 Å². The lowest BCUT2D eigenvalue weighted by Gasteiger charge is -2.25. The van der Waals surface area contributed by atoms with Crippen LogP contribution in [0.3, 0.4) is 0 Å². The normalized spacial score (nSPS) is 13.9. The molecule has 0 unspecified atom stereocenters. The first-order valence-corrected chi connectivity index (χ1v) is 20.4. The Balaban J connectivity index is 1.51. The van der Waals surface area contributed by atoms with E-state index in [4.69, 9.17) is 17.2 Å². The number of aliphatic hydroxyl groups is 1. The topological polar surface area (TPSA) is 369 Å². The van der Waals surface area contributed by atoms with Crippen LogP contribution in [-0.2, 0) is 33.6 Å². The molecule has 0 aliphatic heterocycles. The van der Waals surface area contributed by atoms with Crippen LogP contribution in [0.25, 0.3) is 0 Å². The van der Waals surface area contributed by atoms with Gasteiger partial charge in [0.2, 0.25) is 35.4 Å². The Morgan fingerprint density at radius 1 is 0.651 bits per heavy atom. The number of rotatable bonds is 26. The summed E-state index contributed by atoms with van der Waals surface area (Å²) in [6.07, 6.45) is 0.539. The number of fused-ring (bicyclic) bond motifs is 2. The molecule has 5 atom stereocenters. The van der Waals surface area contributed by atoms with Crippen molar-refractivity contribution in [2.75, 3.05) is 38.1 Å². The Hall–Kier alpha value is -6.94. The number of nitrogens with one attached hydrogen (secondary N) is 7. The van der Waals surface area contributed by atoms with Gasteiger partial charge in [0.25, 0.3) is 0 Å². The van der Waals surface area contributed by atoms with Gasteiger partial charge in [0.1, 0.15) is 30.2 Å². The molecule has 342 valence electrons. The molecule has 0 heterocycles. The standard InChI is InChI=1S/C41H57N11O11/c1-22(48-32(55)16-15-31(54)46-20-19-45-27-13-7-11-26-33(27)35(57)25-10-4-3-9-24(25)34(26)56)36(58)50-28(12-5-6-17-42)38(60)52-30(21-53)39(61)51-29(14-8-18-47-41(43)44)37(59)49-23(2)40(62)63/h3-4,7,9-11,13,22-23,28-30,45,53H,5-6,8,12,14-21,42H2,1-2H3,(H,46,54)(H,48,55)(H,49,59)(H,50,58)(H,51,61)(H,52,60)(H,62,63)(H4,43,44,47)/t22-,23-,28-,29-,30-/m0/s1. The maximum Gasteiger partial charge on any atom is 0.325 e. The Bertz CT molecular complexity index is 2040. The largest absolute Gasteiger partial charge is 0.480 e. The number of benzene rings is 2. The Morgan fingerprint density at radius 3 is 1.86 bits per heavy atom. The summed E-state index contributed by atoms with van der Waals surface area (Å²) >= 11 is 0. The molecular formula is C41H57N11O11. The molecule has 0 saturated heterocycles. The van der Waals surface area contributed by atoms with Crippen molar-refractivity contribution in [2.24, 2.45) is 22.2 Å². The van der Waals surface area contributed by atoms with E-state index < -0.39 is 78.2 Å². The average molecular weight is 880 g/mol. The molecule has 0 fully saturated rings. The highest BCUT2D eigenvalue weighted by atomic mass is 16.4. The highest BCUT2D eigenvalue weighted by Gasteiger charge is 2.33. The predicted molar refractivity (Wildman–Crippen MR) is 229 cm³/mol. The number of carboxylic acids is 1. The monoisotopic (exact) mass is 879 g/mol. The summed E-state index contributed by atoms with van der Waals surface area (Å²) in [4.78, 5) is 119. The number of amides is 6. The number of carbonyl (C=O) groups excluding carboxylic acids is 8. The second-order valence-corrected chi connectivity index (χ2v) is 14.7. The Kier molecular flexibility index (Phi) is 20.1. The van der Waals surface area contributed by atoms with E-state index in [1.807, 2.05) is 0 Å². The van der Waals surface area contributed by atoms with E-state index in [0.717, 1.165) is 0 Å². The maximum atomic E-state index is 13.4. The number of unbranched alkanes of at least 4 members (excludes halogenated alkanes) is 1. The number of nitrogens with two attached hydrogens (primary N) is 3. The molecule has 63 heavy (non-hydrogen) atoms. The van der Waals surface area contributed by atoms with Crippen LogP contribution in [0.4, 0.5) is 5.69 Å². The third kappa shape index (κ3) is 15.5. The molecular weight excluding hydrogens is 823 g/mol. The van der Waals surface area contributed by atoms with Gasteiger partial charge in [0.15, 0.2) is 17.5 Å². The number of aliphatic hydroxyl groups excluding tert-OH is 1. The third-order valence-electron chi connectivity index (χ3n) is 9.77. The van der Waals surface area contributed by atoms with Crippen LogP contribution >= 0.6 is 0 Å². The van der Waals surface area contributed by atoms with Crippen molar-refractivity contribution in [2.45, 2.75) is 89.0 Å². The molecule has 1 aliphatic rings. The lowest BCUT2D eigenvalue weighted by Crippen LogP contribution is -2.59. The lowest BCUT2D eigenvalue weighted by atomic mass is 9.83. The summed E-state index contributed by atoms with van der Waals surface area (Å²) in [5.41, 5.74) is 17.9. The summed E-state index contributed by atoms with van der Waals surface area (Å²) in [6.45, 7) is 2.35. The minimum atomic E-state index is -1.60. The number of nitrogens with zero attached hydrogens (tertiary/aromatic N) is 1. The highest BCUT2D eigenvalue weighted by molar-refractivity contribution is 6.30. The number of anilines is 1. The first-order chi connectivity index (χ1) is 30.0. The van der Waals surface area contributed by atoms with Crippen molar-refractivity contribution in [1.82, 2.24) is 31.9 Å². The first kappa shape index (κ1) is 50.4. The lowest BCUT2D eigenvalue weighted by molar-refractivity contribution is -0.142. The van der Waals surface area contributed by atoms with Gasteiger partial charge in [-0.1, -0.05) is 36.4 Å². The number of ketones is 2. The van der Waals surface area contributed by atoms with Crippen LogP contribution in [0.2, 0.25) is 0 Å². The van der Waals surface area contributed by atoms with Gasteiger partial charge in [-0.15, -0.1) is 0 Å². The molecule has 3 rings (SSSR count). The van der Waals surface area contributed by atoms with Crippen LogP contribution in [0.1, 0.15) is 90.6 Å². The molecule has 15 N–H and O–H groups in total. The number of carboxylic acid groups (broad SMARTS) is 1. The van der Waals surface area contributed by atoms with E-state index in [1.54, 1.807) is 42.5 Å². The van der Waals surface area contributed by atoms with Gasteiger partial charge in [0, 0.05) is 54.9 Å².